The van der Waals surface area contributed by atoms with Crippen LogP contribution in [0.1, 0.15) is 44.1 Å². The minimum atomic E-state index is -4.37. The first kappa shape index (κ1) is 16.1. The third-order valence-corrected chi connectivity index (χ3v) is 3.84. The Bertz CT molecular complexity index is 426. The van der Waals surface area contributed by atoms with E-state index >= 15 is 0 Å². The minimum Gasteiger partial charge on any atom is -0.492 e. The fourth-order valence-electron chi connectivity index (χ4n) is 2.73. The summed E-state index contributed by atoms with van der Waals surface area (Å²) in [5, 5.41) is 3.38. The van der Waals surface area contributed by atoms with Crippen LogP contribution >= 0.6 is 0 Å². The lowest BCUT2D eigenvalue weighted by Gasteiger charge is -2.17. The summed E-state index contributed by atoms with van der Waals surface area (Å²) in [5.74, 6) is -0.0901. The number of halogens is 3. The second kappa shape index (κ2) is 7.69. The number of nitrogens with one attached hydrogen (secondary N) is 1. The molecule has 0 unspecified atom stereocenters. The molecule has 118 valence electrons. The molecule has 0 aliphatic heterocycles. The highest BCUT2D eigenvalue weighted by atomic mass is 19.4. The molecule has 21 heavy (non-hydrogen) atoms. The van der Waals surface area contributed by atoms with Crippen LogP contribution in [0.3, 0.4) is 0 Å². The van der Waals surface area contributed by atoms with Crippen molar-refractivity contribution in [2.24, 2.45) is 0 Å². The van der Waals surface area contributed by atoms with Crippen molar-refractivity contribution in [3.63, 3.8) is 0 Å². The van der Waals surface area contributed by atoms with E-state index in [9.17, 15) is 13.2 Å². The zero-order chi connectivity index (χ0) is 15.1. The van der Waals surface area contributed by atoms with Crippen molar-refractivity contribution in [1.29, 1.82) is 0 Å². The lowest BCUT2D eigenvalue weighted by molar-refractivity contribution is -0.138. The molecule has 1 aliphatic carbocycles. The smallest absolute Gasteiger partial charge is 0.419 e. The van der Waals surface area contributed by atoms with E-state index in [2.05, 4.69) is 5.32 Å². The summed E-state index contributed by atoms with van der Waals surface area (Å²) in [5.41, 5.74) is -0.709. The Balaban J connectivity index is 1.78. The number of ether oxygens (including phenoxy) is 1. The molecule has 0 bridgehead atoms. The van der Waals surface area contributed by atoms with E-state index in [1.807, 2.05) is 0 Å². The minimum absolute atomic E-state index is 0.0901. The first-order chi connectivity index (χ1) is 10.1. The highest BCUT2D eigenvalue weighted by molar-refractivity contribution is 5.35. The second-order valence-electron chi connectivity index (χ2n) is 5.48. The summed E-state index contributed by atoms with van der Waals surface area (Å²) in [6.07, 6.45) is 2.97. The lowest BCUT2D eigenvalue weighted by Crippen LogP contribution is -2.32. The molecule has 1 aromatic carbocycles. The average Bonchev–Trinajstić information content (AvgIpc) is 2.72. The molecule has 0 heterocycles. The van der Waals surface area contributed by atoms with Crippen LogP contribution in [0.2, 0.25) is 0 Å². The number of hydrogen-bond acceptors (Lipinski definition) is 2. The van der Waals surface area contributed by atoms with Gasteiger partial charge in [0.1, 0.15) is 12.4 Å². The molecule has 0 amide bonds. The number of alkyl halides is 3. The van der Waals surface area contributed by atoms with Gasteiger partial charge >= 0.3 is 6.18 Å². The molecule has 1 aliphatic rings. The molecule has 2 nitrogen and oxygen atoms in total. The van der Waals surface area contributed by atoms with Crippen LogP contribution in [0.25, 0.3) is 0 Å². The van der Waals surface area contributed by atoms with Crippen molar-refractivity contribution in [3.05, 3.63) is 29.8 Å². The summed E-state index contributed by atoms with van der Waals surface area (Å²) in [4.78, 5) is 0. The molecule has 0 radical (unpaired) electrons. The quantitative estimate of drug-likeness (QED) is 0.643. The van der Waals surface area contributed by atoms with E-state index < -0.39 is 11.7 Å². The zero-order valence-corrected chi connectivity index (χ0v) is 12.1. The Labute approximate surface area is 123 Å². The van der Waals surface area contributed by atoms with Gasteiger partial charge in [-0.3, -0.25) is 0 Å². The largest absolute Gasteiger partial charge is 0.492 e. The molecule has 1 saturated carbocycles. The van der Waals surface area contributed by atoms with Crippen molar-refractivity contribution in [2.45, 2.75) is 50.7 Å². The van der Waals surface area contributed by atoms with Gasteiger partial charge in [0.25, 0.3) is 0 Å². The van der Waals surface area contributed by atoms with Crippen molar-refractivity contribution in [3.8, 4) is 5.75 Å². The number of rotatable bonds is 5. The SMILES string of the molecule is FC(F)(F)c1ccccc1OCCNC1CCCCCC1. The third kappa shape index (κ3) is 5.23. The zero-order valence-electron chi connectivity index (χ0n) is 12.1. The fourth-order valence-corrected chi connectivity index (χ4v) is 2.73. The van der Waals surface area contributed by atoms with Crippen LogP contribution in [0, 0.1) is 0 Å². The molecule has 0 atom stereocenters. The van der Waals surface area contributed by atoms with Crippen LogP contribution in [-0.4, -0.2) is 19.2 Å². The van der Waals surface area contributed by atoms with Gasteiger partial charge in [-0.25, -0.2) is 0 Å². The van der Waals surface area contributed by atoms with Crippen molar-refractivity contribution in [1.82, 2.24) is 5.32 Å². The molecule has 0 spiro atoms. The average molecular weight is 301 g/mol. The molecule has 0 saturated heterocycles. The van der Waals surface area contributed by atoms with Crippen molar-refractivity contribution in [2.75, 3.05) is 13.2 Å². The van der Waals surface area contributed by atoms with Gasteiger partial charge in [0.2, 0.25) is 0 Å². The first-order valence-electron chi connectivity index (χ1n) is 7.60. The maximum Gasteiger partial charge on any atom is 0.419 e. The van der Waals surface area contributed by atoms with Gasteiger partial charge in [-0.2, -0.15) is 13.2 Å². The highest BCUT2D eigenvalue weighted by Crippen LogP contribution is 2.35. The monoisotopic (exact) mass is 301 g/mol. The Hall–Kier alpha value is -1.23. The van der Waals surface area contributed by atoms with Crippen LogP contribution in [-0.2, 0) is 6.18 Å². The Morgan fingerprint density at radius 3 is 2.38 bits per heavy atom. The molecule has 1 N–H and O–H groups in total. The molecule has 5 heteroatoms. The van der Waals surface area contributed by atoms with Crippen LogP contribution in [0.5, 0.6) is 5.75 Å². The van der Waals surface area contributed by atoms with E-state index in [0.717, 1.165) is 18.9 Å². The molecular weight excluding hydrogens is 279 g/mol. The van der Waals surface area contributed by atoms with E-state index in [-0.39, 0.29) is 12.4 Å². The van der Waals surface area contributed by atoms with Gasteiger partial charge in [-0.05, 0) is 25.0 Å². The van der Waals surface area contributed by atoms with Gasteiger partial charge in [-0.1, -0.05) is 37.8 Å². The van der Waals surface area contributed by atoms with Crippen molar-refractivity contribution < 1.29 is 17.9 Å². The summed E-state index contributed by atoms with van der Waals surface area (Å²) in [6.45, 7) is 0.834. The summed E-state index contributed by atoms with van der Waals surface area (Å²) < 4.78 is 43.7. The lowest BCUT2D eigenvalue weighted by atomic mass is 10.1. The topological polar surface area (TPSA) is 21.3 Å². The normalized spacial score (nSPS) is 17.5. The van der Waals surface area contributed by atoms with Gasteiger partial charge in [-0.15, -0.1) is 0 Å². The maximum absolute atomic E-state index is 12.8. The second-order valence-corrected chi connectivity index (χ2v) is 5.48. The molecule has 2 rings (SSSR count). The van der Waals surface area contributed by atoms with Crippen LogP contribution in [0.4, 0.5) is 13.2 Å². The standard InChI is InChI=1S/C16H22F3NO/c17-16(18,19)14-9-5-6-10-15(14)21-12-11-20-13-7-3-1-2-4-8-13/h5-6,9-10,13,20H,1-4,7-8,11-12H2. The van der Waals surface area contributed by atoms with E-state index in [4.69, 9.17) is 4.74 Å². The van der Waals surface area contributed by atoms with E-state index in [0.29, 0.717) is 12.6 Å². The number of para-hydroxylation sites is 1. The summed E-state index contributed by atoms with van der Waals surface area (Å²) in [7, 11) is 0. The Kier molecular flexibility index (Phi) is 5.91. The summed E-state index contributed by atoms with van der Waals surface area (Å²) in [6, 6.07) is 5.83. The van der Waals surface area contributed by atoms with Gasteiger partial charge in [0.15, 0.2) is 0 Å². The predicted molar refractivity (Wildman–Crippen MR) is 76.4 cm³/mol. The fraction of sp³-hybridized carbons (Fsp3) is 0.625. The molecule has 1 fully saturated rings. The number of benzene rings is 1. The molecular formula is C16H22F3NO. The third-order valence-electron chi connectivity index (χ3n) is 3.84. The first-order valence-corrected chi connectivity index (χ1v) is 7.60. The Morgan fingerprint density at radius 2 is 1.71 bits per heavy atom. The van der Waals surface area contributed by atoms with Gasteiger partial charge in [0, 0.05) is 12.6 Å². The highest BCUT2D eigenvalue weighted by Gasteiger charge is 2.33. The Morgan fingerprint density at radius 1 is 1.05 bits per heavy atom. The maximum atomic E-state index is 12.8. The number of hydrogen-bond donors (Lipinski definition) is 1. The van der Waals surface area contributed by atoms with Gasteiger partial charge in [0.05, 0.1) is 5.56 Å². The van der Waals surface area contributed by atoms with Crippen molar-refractivity contribution >= 4 is 0 Å². The van der Waals surface area contributed by atoms with Gasteiger partial charge < -0.3 is 10.1 Å². The van der Waals surface area contributed by atoms with Crippen LogP contribution < -0.4 is 10.1 Å². The van der Waals surface area contributed by atoms with E-state index in [1.165, 1.54) is 37.8 Å². The molecule has 1 aromatic rings. The molecule has 0 aromatic heterocycles. The summed E-state index contributed by atoms with van der Waals surface area (Å²) >= 11 is 0. The van der Waals surface area contributed by atoms with E-state index in [1.54, 1.807) is 6.07 Å². The predicted octanol–water partition coefficient (Wildman–Crippen LogP) is 4.40. The van der Waals surface area contributed by atoms with Crippen LogP contribution in [0.15, 0.2) is 24.3 Å².